The molecule has 122 valence electrons. The number of ether oxygens (including phenoxy) is 1. The third kappa shape index (κ3) is 4.47. The van der Waals surface area contributed by atoms with E-state index in [1.807, 2.05) is 6.07 Å². The Balaban J connectivity index is 1.42. The molecule has 0 radical (unpaired) electrons. The monoisotopic (exact) mass is 352 g/mol. The Bertz CT molecular complexity index is 633. The Morgan fingerprint density at radius 3 is 2.48 bits per heavy atom. The molecule has 0 aliphatic carbocycles. The van der Waals surface area contributed by atoms with Gasteiger partial charge in [-0.1, -0.05) is 23.2 Å². The van der Waals surface area contributed by atoms with Crippen LogP contribution in [-0.4, -0.2) is 54.2 Å². The van der Waals surface area contributed by atoms with Crippen LogP contribution in [0, 0.1) is 0 Å². The van der Waals surface area contributed by atoms with Gasteiger partial charge in [-0.3, -0.25) is 4.90 Å². The number of anilines is 1. The van der Waals surface area contributed by atoms with E-state index in [4.69, 9.17) is 27.9 Å². The van der Waals surface area contributed by atoms with Crippen molar-refractivity contribution in [3.63, 3.8) is 0 Å². The average molecular weight is 353 g/mol. The lowest BCUT2D eigenvalue weighted by Gasteiger charge is -2.34. The quantitative estimate of drug-likeness (QED) is 0.827. The van der Waals surface area contributed by atoms with Crippen LogP contribution in [0.25, 0.3) is 0 Å². The first-order valence-electron chi connectivity index (χ1n) is 7.54. The number of nitrogens with zero attached hydrogens (tertiary/aromatic N) is 4. The highest BCUT2D eigenvalue weighted by Gasteiger charge is 2.18. The number of benzene rings is 1. The molecule has 0 atom stereocenters. The normalized spacial score (nSPS) is 15.7. The lowest BCUT2D eigenvalue weighted by Crippen LogP contribution is -2.48. The topological polar surface area (TPSA) is 41.5 Å². The summed E-state index contributed by atoms with van der Waals surface area (Å²) < 4.78 is 5.74. The van der Waals surface area contributed by atoms with Crippen molar-refractivity contribution in [2.24, 2.45) is 0 Å². The van der Waals surface area contributed by atoms with E-state index in [9.17, 15) is 0 Å². The van der Waals surface area contributed by atoms with Gasteiger partial charge in [-0.15, -0.1) is 0 Å². The molecule has 5 nitrogen and oxygen atoms in total. The maximum absolute atomic E-state index is 6.09. The summed E-state index contributed by atoms with van der Waals surface area (Å²) in [5.74, 6) is 1.48. The van der Waals surface area contributed by atoms with Gasteiger partial charge in [-0.05, 0) is 24.3 Å². The molecular formula is C16H18Cl2N4O. The van der Waals surface area contributed by atoms with Crippen LogP contribution in [0.5, 0.6) is 5.75 Å². The fourth-order valence-electron chi connectivity index (χ4n) is 2.50. The van der Waals surface area contributed by atoms with E-state index in [2.05, 4.69) is 19.8 Å². The van der Waals surface area contributed by atoms with Crippen molar-refractivity contribution in [3.8, 4) is 5.75 Å². The van der Waals surface area contributed by atoms with E-state index in [0.717, 1.165) is 38.7 Å². The van der Waals surface area contributed by atoms with Crippen molar-refractivity contribution in [2.45, 2.75) is 0 Å². The van der Waals surface area contributed by atoms with Crippen molar-refractivity contribution in [2.75, 3.05) is 44.2 Å². The Kier molecular flexibility index (Phi) is 5.54. The van der Waals surface area contributed by atoms with Crippen LogP contribution in [0.4, 0.5) is 5.95 Å². The van der Waals surface area contributed by atoms with E-state index in [0.29, 0.717) is 22.4 Å². The molecule has 0 saturated carbocycles. The van der Waals surface area contributed by atoms with E-state index < -0.39 is 0 Å². The highest BCUT2D eigenvalue weighted by Crippen LogP contribution is 2.27. The first-order valence-corrected chi connectivity index (χ1v) is 8.30. The Labute approximate surface area is 145 Å². The Morgan fingerprint density at radius 2 is 1.78 bits per heavy atom. The SMILES string of the molecule is Clc1ccc(OCCN2CCN(c3ncccn3)CC2)c(Cl)c1. The highest BCUT2D eigenvalue weighted by molar-refractivity contribution is 6.35. The predicted molar refractivity (Wildman–Crippen MR) is 92.6 cm³/mol. The van der Waals surface area contributed by atoms with Crippen molar-refractivity contribution in [1.82, 2.24) is 14.9 Å². The number of piperazine rings is 1. The number of halogens is 2. The van der Waals surface area contributed by atoms with Gasteiger partial charge in [0, 0.05) is 50.1 Å². The maximum Gasteiger partial charge on any atom is 0.225 e. The van der Waals surface area contributed by atoms with Crippen LogP contribution in [0.2, 0.25) is 10.0 Å². The third-order valence-corrected chi connectivity index (χ3v) is 4.30. The molecule has 1 aliphatic heterocycles. The lowest BCUT2D eigenvalue weighted by atomic mass is 10.3. The molecule has 0 unspecified atom stereocenters. The number of hydrogen-bond donors (Lipinski definition) is 0. The second-order valence-corrected chi connectivity index (χ2v) is 6.14. The molecule has 2 aromatic rings. The van der Waals surface area contributed by atoms with Crippen molar-refractivity contribution in [1.29, 1.82) is 0 Å². The van der Waals surface area contributed by atoms with Gasteiger partial charge >= 0.3 is 0 Å². The summed E-state index contributed by atoms with van der Waals surface area (Å²) in [6.07, 6.45) is 3.55. The largest absolute Gasteiger partial charge is 0.491 e. The Hall–Kier alpha value is -1.56. The smallest absolute Gasteiger partial charge is 0.225 e. The predicted octanol–water partition coefficient (Wildman–Crippen LogP) is 2.98. The van der Waals surface area contributed by atoms with E-state index >= 15 is 0 Å². The molecular weight excluding hydrogens is 335 g/mol. The van der Waals surface area contributed by atoms with Crippen molar-refractivity contribution >= 4 is 29.2 Å². The zero-order valence-electron chi connectivity index (χ0n) is 12.7. The first-order chi connectivity index (χ1) is 11.2. The summed E-state index contributed by atoms with van der Waals surface area (Å²) >= 11 is 12.0. The molecule has 0 amide bonds. The average Bonchev–Trinajstić information content (AvgIpc) is 2.58. The number of hydrogen-bond acceptors (Lipinski definition) is 5. The minimum atomic E-state index is 0.545. The number of aromatic nitrogens is 2. The lowest BCUT2D eigenvalue weighted by molar-refractivity contribution is 0.200. The zero-order valence-corrected chi connectivity index (χ0v) is 14.2. The van der Waals surface area contributed by atoms with Crippen LogP contribution < -0.4 is 9.64 Å². The summed E-state index contributed by atoms with van der Waals surface area (Å²) in [6.45, 7) is 5.25. The summed E-state index contributed by atoms with van der Waals surface area (Å²) in [6, 6.07) is 7.10. The maximum atomic E-state index is 6.09. The standard InChI is InChI=1S/C16H18Cl2N4O/c17-13-2-3-15(14(18)12-13)23-11-10-21-6-8-22(9-7-21)16-19-4-1-5-20-16/h1-5,12H,6-11H2. The number of rotatable bonds is 5. The van der Waals surface area contributed by atoms with Gasteiger partial charge in [0.25, 0.3) is 0 Å². The van der Waals surface area contributed by atoms with E-state index in [1.54, 1.807) is 30.6 Å². The molecule has 1 aromatic carbocycles. The molecule has 3 rings (SSSR count). The van der Waals surface area contributed by atoms with Gasteiger partial charge in [0.1, 0.15) is 12.4 Å². The van der Waals surface area contributed by atoms with E-state index in [1.165, 1.54) is 0 Å². The van der Waals surface area contributed by atoms with Crippen LogP contribution in [0.15, 0.2) is 36.7 Å². The minimum absolute atomic E-state index is 0.545. The molecule has 1 saturated heterocycles. The van der Waals surface area contributed by atoms with Gasteiger partial charge in [0.2, 0.25) is 5.95 Å². The van der Waals surface area contributed by atoms with Crippen molar-refractivity contribution in [3.05, 3.63) is 46.7 Å². The van der Waals surface area contributed by atoms with Crippen LogP contribution >= 0.6 is 23.2 Å². The molecule has 1 aliphatic rings. The fourth-order valence-corrected chi connectivity index (χ4v) is 2.97. The second-order valence-electron chi connectivity index (χ2n) is 5.30. The van der Waals surface area contributed by atoms with Crippen LogP contribution in [-0.2, 0) is 0 Å². The zero-order chi connectivity index (χ0) is 16.1. The molecule has 0 bridgehead atoms. The van der Waals surface area contributed by atoms with Gasteiger partial charge < -0.3 is 9.64 Å². The van der Waals surface area contributed by atoms with Gasteiger partial charge in [-0.2, -0.15) is 0 Å². The molecule has 2 heterocycles. The van der Waals surface area contributed by atoms with Gasteiger partial charge in [0.15, 0.2) is 0 Å². The van der Waals surface area contributed by atoms with Crippen molar-refractivity contribution < 1.29 is 4.74 Å². The van der Waals surface area contributed by atoms with Crippen LogP contribution in [0.3, 0.4) is 0 Å². The molecule has 7 heteroatoms. The second kappa shape index (κ2) is 7.81. The first kappa shape index (κ1) is 16.3. The van der Waals surface area contributed by atoms with Gasteiger partial charge in [-0.25, -0.2) is 9.97 Å². The van der Waals surface area contributed by atoms with Gasteiger partial charge in [0.05, 0.1) is 5.02 Å². The molecule has 0 spiro atoms. The molecule has 0 N–H and O–H groups in total. The molecule has 1 aromatic heterocycles. The molecule has 23 heavy (non-hydrogen) atoms. The minimum Gasteiger partial charge on any atom is -0.491 e. The highest BCUT2D eigenvalue weighted by atomic mass is 35.5. The summed E-state index contributed by atoms with van der Waals surface area (Å²) in [7, 11) is 0. The van der Waals surface area contributed by atoms with Crippen LogP contribution in [0.1, 0.15) is 0 Å². The Morgan fingerprint density at radius 1 is 1.04 bits per heavy atom. The molecule has 1 fully saturated rings. The summed E-state index contributed by atoms with van der Waals surface area (Å²) in [4.78, 5) is 13.2. The fraction of sp³-hybridized carbons (Fsp3) is 0.375. The summed E-state index contributed by atoms with van der Waals surface area (Å²) in [5, 5.41) is 1.16. The summed E-state index contributed by atoms with van der Waals surface area (Å²) in [5.41, 5.74) is 0. The van der Waals surface area contributed by atoms with E-state index in [-0.39, 0.29) is 0 Å². The third-order valence-electron chi connectivity index (χ3n) is 3.77.